The summed E-state index contributed by atoms with van der Waals surface area (Å²) in [6.07, 6.45) is 1.03. The fourth-order valence-electron chi connectivity index (χ4n) is 1.47. The van der Waals surface area contributed by atoms with Gasteiger partial charge < -0.3 is 16.0 Å². The standard InChI is InChI=1S/C12H20FN3/c1-9-7-12(11(14)8-10(9)13)15-5-4-6-16(2)3/h7-8,15H,4-6,14H2,1-3H3. The summed E-state index contributed by atoms with van der Waals surface area (Å²) in [7, 11) is 4.08. The van der Waals surface area contributed by atoms with Crippen LogP contribution in [0.1, 0.15) is 12.0 Å². The van der Waals surface area contributed by atoms with Crippen LogP contribution in [0.15, 0.2) is 12.1 Å². The molecule has 0 saturated carbocycles. The van der Waals surface area contributed by atoms with Crippen LogP contribution in [0.5, 0.6) is 0 Å². The van der Waals surface area contributed by atoms with Crippen molar-refractivity contribution in [2.24, 2.45) is 0 Å². The van der Waals surface area contributed by atoms with E-state index in [1.807, 2.05) is 14.1 Å². The zero-order valence-corrected chi connectivity index (χ0v) is 10.2. The molecule has 0 fully saturated rings. The van der Waals surface area contributed by atoms with E-state index in [-0.39, 0.29) is 5.82 Å². The summed E-state index contributed by atoms with van der Waals surface area (Å²) in [6, 6.07) is 3.12. The molecule has 0 radical (unpaired) electrons. The lowest BCUT2D eigenvalue weighted by Gasteiger charge is -2.13. The van der Waals surface area contributed by atoms with Crippen molar-refractivity contribution in [2.45, 2.75) is 13.3 Å². The van der Waals surface area contributed by atoms with Crippen LogP contribution in [0.2, 0.25) is 0 Å². The molecule has 0 atom stereocenters. The lowest BCUT2D eigenvalue weighted by atomic mass is 10.2. The molecule has 4 heteroatoms. The molecule has 3 N–H and O–H groups in total. The molecule has 16 heavy (non-hydrogen) atoms. The average molecular weight is 225 g/mol. The molecule has 0 aliphatic carbocycles. The van der Waals surface area contributed by atoms with E-state index in [1.165, 1.54) is 6.07 Å². The minimum Gasteiger partial charge on any atom is -0.397 e. The lowest BCUT2D eigenvalue weighted by molar-refractivity contribution is 0.405. The highest BCUT2D eigenvalue weighted by Gasteiger charge is 2.03. The average Bonchev–Trinajstić information content (AvgIpc) is 2.19. The quantitative estimate of drug-likeness (QED) is 0.595. The number of rotatable bonds is 5. The fourth-order valence-corrected chi connectivity index (χ4v) is 1.47. The topological polar surface area (TPSA) is 41.3 Å². The number of nitrogens with zero attached hydrogens (tertiary/aromatic N) is 1. The Morgan fingerprint density at radius 2 is 2.06 bits per heavy atom. The Morgan fingerprint density at radius 3 is 2.69 bits per heavy atom. The number of nitrogens with one attached hydrogen (secondary N) is 1. The number of nitrogen functional groups attached to an aromatic ring is 1. The molecular formula is C12H20FN3. The van der Waals surface area contributed by atoms with E-state index in [9.17, 15) is 4.39 Å². The van der Waals surface area contributed by atoms with Gasteiger partial charge in [0, 0.05) is 6.54 Å². The Balaban J connectivity index is 2.51. The third-order valence-electron chi connectivity index (χ3n) is 2.43. The Morgan fingerprint density at radius 1 is 1.38 bits per heavy atom. The molecule has 0 aliphatic rings. The zero-order chi connectivity index (χ0) is 12.1. The molecule has 0 aromatic heterocycles. The van der Waals surface area contributed by atoms with Gasteiger partial charge >= 0.3 is 0 Å². The predicted octanol–water partition coefficient (Wildman–Crippen LogP) is 2.08. The molecule has 0 amide bonds. The van der Waals surface area contributed by atoms with Gasteiger partial charge in [-0.3, -0.25) is 0 Å². The number of benzene rings is 1. The summed E-state index contributed by atoms with van der Waals surface area (Å²) < 4.78 is 13.1. The largest absolute Gasteiger partial charge is 0.397 e. The van der Waals surface area contributed by atoms with Gasteiger partial charge in [-0.2, -0.15) is 0 Å². The first kappa shape index (κ1) is 12.8. The molecule has 0 heterocycles. The van der Waals surface area contributed by atoms with Crippen molar-refractivity contribution in [3.63, 3.8) is 0 Å². The van der Waals surface area contributed by atoms with Gasteiger partial charge in [-0.25, -0.2) is 4.39 Å². The lowest BCUT2D eigenvalue weighted by Crippen LogP contribution is -2.16. The van der Waals surface area contributed by atoms with Crippen LogP contribution in [-0.2, 0) is 0 Å². The maximum absolute atomic E-state index is 13.1. The van der Waals surface area contributed by atoms with E-state index >= 15 is 0 Å². The second-order valence-electron chi connectivity index (χ2n) is 4.27. The highest BCUT2D eigenvalue weighted by Crippen LogP contribution is 2.22. The summed E-state index contributed by atoms with van der Waals surface area (Å²) in [6.45, 7) is 3.60. The van der Waals surface area contributed by atoms with Crippen molar-refractivity contribution in [3.8, 4) is 0 Å². The smallest absolute Gasteiger partial charge is 0.128 e. The van der Waals surface area contributed by atoms with Crippen molar-refractivity contribution in [1.29, 1.82) is 0 Å². The predicted molar refractivity (Wildman–Crippen MR) is 67.2 cm³/mol. The van der Waals surface area contributed by atoms with E-state index in [0.717, 1.165) is 25.2 Å². The van der Waals surface area contributed by atoms with E-state index < -0.39 is 0 Å². The number of nitrogens with two attached hydrogens (primary N) is 1. The maximum Gasteiger partial charge on any atom is 0.128 e. The van der Waals surface area contributed by atoms with E-state index in [2.05, 4.69) is 10.2 Å². The number of hydrogen-bond donors (Lipinski definition) is 2. The first-order chi connectivity index (χ1) is 7.50. The van der Waals surface area contributed by atoms with Crippen LogP contribution in [0.3, 0.4) is 0 Å². The van der Waals surface area contributed by atoms with Gasteiger partial charge in [0.25, 0.3) is 0 Å². The first-order valence-electron chi connectivity index (χ1n) is 5.45. The Bertz CT molecular complexity index is 350. The number of hydrogen-bond acceptors (Lipinski definition) is 3. The summed E-state index contributed by atoms with van der Waals surface area (Å²) in [5.74, 6) is -0.253. The van der Waals surface area contributed by atoms with Crippen molar-refractivity contribution in [3.05, 3.63) is 23.5 Å². The molecule has 3 nitrogen and oxygen atoms in total. The first-order valence-corrected chi connectivity index (χ1v) is 5.45. The van der Waals surface area contributed by atoms with Crippen molar-refractivity contribution < 1.29 is 4.39 Å². The highest BCUT2D eigenvalue weighted by molar-refractivity contribution is 5.67. The van der Waals surface area contributed by atoms with Crippen LogP contribution in [-0.4, -0.2) is 32.1 Å². The third kappa shape index (κ3) is 3.70. The molecule has 1 rings (SSSR count). The number of anilines is 2. The van der Waals surface area contributed by atoms with Gasteiger partial charge in [0.1, 0.15) is 5.82 Å². The summed E-state index contributed by atoms with van der Waals surface area (Å²) >= 11 is 0. The van der Waals surface area contributed by atoms with Crippen LogP contribution >= 0.6 is 0 Å². The van der Waals surface area contributed by atoms with E-state index in [1.54, 1.807) is 13.0 Å². The molecule has 1 aromatic rings. The maximum atomic E-state index is 13.1. The van der Waals surface area contributed by atoms with E-state index in [4.69, 9.17) is 5.73 Å². The van der Waals surface area contributed by atoms with Gasteiger partial charge in [-0.05, 0) is 51.7 Å². The molecule has 90 valence electrons. The van der Waals surface area contributed by atoms with Gasteiger partial charge in [0.2, 0.25) is 0 Å². The van der Waals surface area contributed by atoms with Crippen molar-refractivity contribution in [1.82, 2.24) is 4.90 Å². The molecule has 0 unspecified atom stereocenters. The second-order valence-corrected chi connectivity index (χ2v) is 4.27. The molecule has 0 saturated heterocycles. The summed E-state index contributed by atoms with van der Waals surface area (Å²) in [5.41, 5.74) is 7.62. The zero-order valence-electron chi connectivity index (χ0n) is 10.2. The van der Waals surface area contributed by atoms with Gasteiger partial charge in [-0.1, -0.05) is 0 Å². The van der Waals surface area contributed by atoms with Gasteiger partial charge in [0.05, 0.1) is 11.4 Å². The molecule has 0 bridgehead atoms. The molecular weight excluding hydrogens is 205 g/mol. The van der Waals surface area contributed by atoms with E-state index in [0.29, 0.717) is 11.3 Å². The summed E-state index contributed by atoms with van der Waals surface area (Å²) in [5, 5.41) is 3.22. The molecule has 0 spiro atoms. The van der Waals surface area contributed by atoms with Gasteiger partial charge in [-0.15, -0.1) is 0 Å². The van der Waals surface area contributed by atoms with Crippen molar-refractivity contribution >= 4 is 11.4 Å². The van der Waals surface area contributed by atoms with Crippen LogP contribution < -0.4 is 11.1 Å². The Hall–Kier alpha value is -1.29. The minimum absolute atomic E-state index is 0.253. The second kappa shape index (κ2) is 5.70. The number of aryl methyl sites for hydroxylation is 1. The van der Waals surface area contributed by atoms with Crippen molar-refractivity contribution in [2.75, 3.05) is 38.2 Å². The monoisotopic (exact) mass is 225 g/mol. The molecule has 1 aromatic carbocycles. The van der Waals surface area contributed by atoms with Crippen LogP contribution in [0.25, 0.3) is 0 Å². The Kier molecular flexibility index (Phi) is 4.55. The van der Waals surface area contributed by atoms with Crippen LogP contribution in [0.4, 0.5) is 15.8 Å². The summed E-state index contributed by atoms with van der Waals surface area (Å²) in [4.78, 5) is 2.13. The normalized spacial score (nSPS) is 10.8. The number of halogens is 1. The fraction of sp³-hybridized carbons (Fsp3) is 0.500. The highest BCUT2D eigenvalue weighted by atomic mass is 19.1. The van der Waals surface area contributed by atoms with Gasteiger partial charge in [0.15, 0.2) is 0 Å². The third-order valence-corrected chi connectivity index (χ3v) is 2.43. The SMILES string of the molecule is Cc1cc(NCCCN(C)C)c(N)cc1F. The van der Waals surface area contributed by atoms with Crippen LogP contribution in [0, 0.1) is 12.7 Å². The minimum atomic E-state index is -0.253. The molecule has 0 aliphatic heterocycles. The Labute approximate surface area is 96.4 Å².